The summed E-state index contributed by atoms with van der Waals surface area (Å²) in [6.45, 7) is 11.1. The lowest BCUT2D eigenvalue weighted by atomic mass is 9.88. The maximum Gasteiger partial charge on any atom is 0.119 e. The summed E-state index contributed by atoms with van der Waals surface area (Å²) in [5, 5.41) is 29.2. The van der Waals surface area contributed by atoms with Crippen molar-refractivity contribution in [2.45, 2.75) is 46.5 Å². The Bertz CT molecular complexity index is 4810. The molecule has 11 heteroatoms. The summed E-state index contributed by atoms with van der Waals surface area (Å²) >= 11 is 12.4. The molecular weight excluding hydrogens is 1420 g/mol. The fraction of sp³-hybridized carbons (Fsp3) is 0.208. The Morgan fingerprint density at radius 3 is 0.679 bits per heavy atom. The molecule has 0 atom stereocenters. The second-order valence-corrected chi connectivity index (χ2v) is 28.6. The van der Waals surface area contributed by atoms with Gasteiger partial charge < -0.3 is 44.2 Å². The van der Waals surface area contributed by atoms with Crippen LogP contribution in [0.25, 0.3) is 44.6 Å². The van der Waals surface area contributed by atoms with E-state index in [9.17, 15) is 15.3 Å². The van der Waals surface area contributed by atoms with Gasteiger partial charge in [0.25, 0.3) is 0 Å². The summed E-state index contributed by atoms with van der Waals surface area (Å²) in [6.07, 6.45) is 3.38. The van der Waals surface area contributed by atoms with Gasteiger partial charge in [-0.25, -0.2) is 0 Å². The van der Waals surface area contributed by atoms with E-state index in [1.165, 1.54) is 78.0 Å². The SMILES string of the molecule is CC/C(=C(/c1ccc(C)cc1)c1ccc(O)cc1)c1ccccc1.CC/C(=C(\c1ccc(O)cc1)c1ccc(OCCN(C)C)cc1)c1ccccc1.CN(C)CCOc1ccc(/C(=C(/CCCl)c2ccccc2)c2ccc(O)cc2)cc1.CN(C)CCOc1ccc(/C(=C(/CCCl)c2ccccc2)c2ccccc2)cc1. The molecule has 3 N–H and O–H groups in total. The van der Waals surface area contributed by atoms with Crippen LogP contribution >= 0.6 is 23.2 Å². The number of allylic oxidation sites excluding steroid dienone is 4. The molecule has 0 fully saturated rings. The highest BCUT2D eigenvalue weighted by Crippen LogP contribution is 2.41. The summed E-state index contributed by atoms with van der Waals surface area (Å²) in [5.41, 5.74) is 24.8. The Morgan fingerprint density at radius 1 is 0.259 bits per heavy atom. The van der Waals surface area contributed by atoms with Crippen molar-refractivity contribution in [1.29, 1.82) is 0 Å². The third-order valence-corrected chi connectivity index (χ3v) is 19.2. The Labute approximate surface area is 676 Å². The standard InChI is InChI=1S/C26H28ClNO2.C26H28ClNO.C26H29NO2.C23H22O/c1-28(2)18-19-30-24-14-10-22(11-15-24)26(21-8-12-23(29)13-9-21)25(16-17-27)20-6-4-3-5-7-20;1-28(2)19-20-29-24-15-13-23(14-16-24)26(22-11-7-4-8-12-22)25(17-18-27)21-9-5-3-6-10-21;1-4-25(20-8-6-5-7-9-20)26(21-10-14-23(28)15-11-21)22-12-16-24(17-13-22)29-19-18-27(2)3;1-3-22(18-7-5-4-6-8-18)23(19-11-9-17(2)10-12-19)20-13-15-21(24)16-14-20/h3-15,29H,16-19H2,1-2H3;3-16H,17-20H2,1-2H3;5-17,28H,4,18-19H2,1-3H3;4-16,24H,3H2,1-2H3/b3*26-25-;23-22+. The first-order valence-corrected chi connectivity index (χ1v) is 39.5. The number of hydrogen-bond acceptors (Lipinski definition) is 9. The Hall–Kier alpha value is -11.1. The predicted octanol–water partition coefficient (Wildman–Crippen LogP) is 23.9. The second-order valence-electron chi connectivity index (χ2n) is 27.9. The van der Waals surface area contributed by atoms with E-state index < -0.39 is 0 Å². The maximum atomic E-state index is 9.77. The van der Waals surface area contributed by atoms with Crippen LogP contribution in [0.15, 0.2) is 322 Å². The summed E-state index contributed by atoms with van der Waals surface area (Å²) in [6, 6.07) is 108. The van der Waals surface area contributed by atoms with Crippen molar-refractivity contribution in [2.24, 2.45) is 0 Å². The first kappa shape index (κ1) is 84.9. The molecule has 0 aliphatic carbocycles. The molecule has 0 aliphatic rings. The number of nitrogens with zero attached hydrogens (tertiary/aromatic N) is 3. The topological polar surface area (TPSA) is 98.1 Å². The largest absolute Gasteiger partial charge is 0.508 e. The quantitative estimate of drug-likeness (QED) is 0.0300. The Balaban J connectivity index is 0.000000172. The molecule has 12 aromatic carbocycles. The molecule has 0 aromatic heterocycles. The van der Waals surface area contributed by atoms with Crippen LogP contribution in [0.1, 0.15) is 112 Å². The van der Waals surface area contributed by atoms with E-state index in [0.717, 1.165) is 102 Å². The molecular formula is C101H107Cl2N3O6. The highest BCUT2D eigenvalue weighted by molar-refractivity contribution is 6.19. The van der Waals surface area contributed by atoms with E-state index in [4.69, 9.17) is 37.4 Å². The molecule has 0 radical (unpaired) electrons. The van der Waals surface area contributed by atoms with Crippen LogP contribution in [-0.4, -0.2) is 124 Å². The molecule has 112 heavy (non-hydrogen) atoms. The zero-order valence-electron chi connectivity index (χ0n) is 66.2. The summed E-state index contributed by atoms with van der Waals surface area (Å²) in [7, 11) is 12.2. The molecule has 0 bridgehead atoms. The van der Waals surface area contributed by atoms with Gasteiger partial charge in [0.1, 0.15) is 54.3 Å². The molecule has 0 saturated carbocycles. The van der Waals surface area contributed by atoms with Gasteiger partial charge in [-0.3, -0.25) is 0 Å². The molecule has 0 aliphatic heterocycles. The van der Waals surface area contributed by atoms with Crippen LogP contribution in [0.2, 0.25) is 0 Å². The summed E-state index contributed by atoms with van der Waals surface area (Å²) in [5.74, 6) is 4.53. The van der Waals surface area contributed by atoms with Crippen molar-refractivity contribution in [3.63, 3.8) is 0 Å². The van der Waals surface area contributed by atoms with E-state index in [0.29, 0.717) is 37.3 Å². The number of halogens is 2. The zero-order chi connectivity index (χ0) is 79.4. The maximum absolute atomic E-state index is 9.77. The van der Waals surface area contributed by atoms with Crippen molar-refractivity contribution in [3.8, 4) is 34.5 Å². The van der Waals surface area contributed by atoms with Gasteiger partial charge in [0.2, 0.25) is 0 Å². The number of aryl methyl sites for hydroxylation is 1. The van der Waals surface area contributed by atoms with Gasteiger partial charge >= 0.3 is 0 Å². The van der Waals surface area contributed by atoms with Crippen LogP contribution in [0.4, 0.5) is 0 Å². The molecule has 0 unspecified atom stereocenters. The van der Waals surface area contributed by atoms with E-state index in [1.54, 1.807) is 36.4 Å². The van der Waals surface area contributed by atoms with E-state index in [1.807, 2.05) is 145 Å². The molecule has 0 amide bonds. The Morgan fingerprint density at radius 2 is 0.455 bits per heavy atom. The third kappa shape index (κ3) is 26.0. The minimum atomic E-state index is 0.251. The van der Waals surface area contributed by atoms with Crippen LogP contribution < -0.4 is 14.2 Å². The predicted molar refractivity (Wildman–Crippen MR) is 474 cm³/mol. The van der Waals surface area contributed by atoms with Crippen LogP contribution in [0, 0.1) is 6.92 Å². The molecule has 9 nitrogen and oxygen atoms in total. The normalized spacial score (nSPS) is 12.0. The third-order valence-electron chi connectivity index (χ3n) is 18.8. The molecule has 0 saturated heterocycles. The number of alkyl halides is 2. The number of rotatable bonds is 30. The van der Waals surface area contributed by atoms with Gasteiger partial charge in [0.05, 0.1) is 0 Å². The lowest BCUT2D eigenvalue weighted by Gasteiger charge is -2.17. The van der Waals surface area contributed by atoms with E-state index in [2.05, 4.69) is 217 Å². The average Bonchev–Trinajstić information content (AvgIpc) is 0.823. The van der Waals surface area contributed by atoms with E-state index >= 15 is 0 Å². The van der Waals surface area contributed by atoms with Crippen molar-refractivity contribution in [3.05, 3.63) is 394 Å². The molecule has 12 rings (SSSR count). The minimum absolute atomic E-state index is 0.251. The second kappa shape index (κ2) is 45.3. The highest BCUT2D eigenvalue weighted by atomic mass is 35.5. The van der Waals surface area contributed by atoms with E-state index in [-0.39, 0.29) is 11.5 Å². The summed E-state index contributed by atoms with van der Waals surface area (Å²) < 4.78 is 17.6. The van der Waals surface area contributed by atoms with Crippen LogP contribution in [0.5, 0.6) is 34.5 Å². The number of aromatic hydroxyl groups is 3. The van der Waals surface area contributed by atoms with Crippen molar-refractivity contribution in [2.75, 3.05) is 93.5 Å². The lowest BCUT2D eigenvalue weighted by Crippen LogP contribution is -2.19. The van der Waals surface area contributed by atoms with Gasteiger partial charge in [-0.1, -0.05) is 268 Å². The minimum Gasteiger partial charge on any atom is -0.508 e. The molecule has 0 heterocycles. The van der Waals surface area contributed by atoms with Crippen LogP contribution in [0.3, 0.4) is 0 Å². The van der Waals surface area contributed by atoms with Gasteiger partial charge in [-0.05, 0) is 259 Å². The average molecular weight is 1530 g/mol. The number of phenolic OH excluding ortho intramolecular Hbond substituents is 3. The van der Waals surface area contributed by atoms with Gasteiger partial charge in [0, 0.05) is 31.4 Å². The fourth-order valence-corrected chi connectivity index (χ4v) is 13.5. The highest BCUT2D eigenvalue weighted by Gasteiger charge is 2.19. The van der Waals surface area contributed by atoms with Crippen molar-refractivity contribution in [1.82, 2.24) is 14.7 Å². The fourth-order valence-electron chi connectivity index (χ4n) is 13.1. The summed E-state index contributed by atoms with van der Waals surface area (Å²) in [4.78, 5) is 6.31. The Kier molecular flexibility index (Phi) is 34.3. The molecule has 0 spiro atoms. The first-order chi connectivity index (χ1) is 54.5. The number of ether oxygens (including phenoxy) is 3. The molecule has 12 aromatic rings. The zero-order valence-corrected chi connectivity index (χ0v) is 67.8. The smallest absolute Gasteiger partial charge is 0.119 e. The van der Waals surface area contributed by atoms with Gasteiger partial charge in [-0.15, -0.1) is 23.2 Å². The molecule has 576 valence electrons. The lowest BCUT2D eigenvalue weighted by molar-refractivity contribution is 0.261. The monoisotopic (exact) mass is 1530 g/mol. The number of phenols is 3. The van der Waals surface area contributed by atoms with Crippen LogP contribution in [-0.2, 0) is 0 Å². The van der Waals surface area contributed by atoms with Gasteiger partial charge in [-0.2, -0.15) is 0 Å². The first-order valence-electron chi connectivity index (χ1n) is 38.4. The number of benzene rings is 12. The van der Waals surface area contributed by atoms with Crippen molar-refractivity contribution < 1.29 is 29.5 Å². The van der Waals surface area contributed by atoms with Gasteiger partial charge in [0.15, 0.2) is 0 Å². The number of likely N-dealkylation sites (N-methyl/N-ethyl adjacent to an activating group) is 3. The van der Waals surface area contributed by atoms with Crippen molar-refractivity contribution >= 4 is 67.8 Å². The number of hydrogen-bond donors (Lipinski definition) is 3.